The topological polar surface area (TPSA) is 66.0 Å². The Kier molecular flexibility index (Phi) is 4.73. The van der Waals surface area contributed by atoms with Gasteiger partial charge >= 0.3 is 0 Å². The Morgan fingerprint density at radius 3 is 2.28 bits per heavy atom. The molecule has 2 N–H and O–H groups in total. The van der Waals surface area contributed by atoms with E-state index in [9.17, 15) is 4.79 Å². The van der Waals surface area contributed by atoms with Crippen LogP contribution in [0.3, 0.4) is 0 Å². The van der Waals surface area contributed by atoms with Gasteiger partial charge in [0.1, 0.15) is 12.4 Å². The van der Waals surface area contributed by atoms with Crippen molar-refractivity contribution >= 4 is 10.9 Å². The predicted molar refractivity (Wildman–Crippen MR) is 101 cm³/mol. The van der Waals surface area contributed by atoms with E-state index in [2.05, 4.69) is 55.0 Å². The van der Waals surface area contributed by atoms with Crippen molar-refractivity contribution in [2.75, 3.05) is 0 Å². The quantitative estimate of drug-likeness (QED) is 0.766. The second-order valence-corrected chi connectivity index (χ2v) is 7.47. The van der Waals surface area contributed by atoms with Crippen LogP contribution in [0.2, 0.25) is 0 Å². The van der Waals surface area contributed by atoms with E-state index in [1.807, 2.05) is 18.2 Å². The number of benzene rings is 2. The number of hydrogen-bond acceptors (Lipinski definition) is 3. The molecular weight excluding hydrogens is 312 g/mol. The molecule has 0 radical (unpaired) electrons. The van der Waals surface area contributed by atoms with Gasteiger partial charge in [-0.05, 0) is 47.1 Å². The first-order valence-electron chi connectivity index (χ1n) is 8.59. The second kappa shape index (κ2) is 6.81. The Morgan fingerprint density at radius 1 is 1.00 bits per heavy atom. The summed E-state index contributed by atoms with van der Waals surface area (Å²) in [5, 5.41) is 9.69. The minimum Gasteiger partial charge on any atom is -0.388 e. The van der Waals surface area contributed by atoms with Gasteiger partial charge in [-0.25, -0.2) is 4.98 Å². The molecule has 0 aliphatic rings. The Labute approximate surface area is 147 Å². The molecule has 0 atom stereocenters. The molecule has 130 valence electrons. The fourth-order valence-electron chi connectivity index (χ4n) is 2.92. The van der Waals surface area contributed by atoms with Gasteiger partial charge in [0.05, 0.1) is 10.9 Å². The van der Waals surface area contributed by atoms with Crippen molar-refractivity contribution in [1.29, 1.82) is 0 Å². The summed E-state index contributed by atoms with van der Waals surface area (Å²) in [7, 11) is 0. The lowest BCUT2D eigenvalue weighted by Gasteiger charge is -2.19. The maximum atomic E-state index is 12.1. The van der Waals surface area contributed by atoms with Gasteiger partial charge in [0.25, 0.3) is 5.56 Å². The van der Waals surface area contributed by atoms with Crippen molar-refractivity contribution in [2.45, 2.75) is 45.6 Å². The molecule has 0 bridgehead atoms. The highest BCUT2D eigenvalue weighted by Gasteiger charge is 2.12. The van der Waals surface area contributed by atoms with Crippen molar-refractivity contribution in [3.63, 3.8) is 0 Å². The van der Waals surface area contributed by atoms with Crippen LogP contribution in [0.25, 0.3) is 10.9 Å². The van der Waals surface area contributed by atoms with Crippen LogP contribution in [0.1, 0.15) is 43.3 Å². The minimum absolute atomic E-state index is 0.165. The maximum Gasteiger partial charge on any atom is 0.258 e. The maximum absolute atomic E-state index is 12.1. The fraction of sp³-hybridized carbons (Fsp3) is 0.333. The number of nitrogens with zero attached hydrogens (tertiary/aromatic N) is 1. The molecule has 0 aliphatic heterocycles. The number of hydrogen-bond donors (Lipinski definition) is 2. The second-order valence-electron chi connectivity index (χ2n) is 7.47. The van der Waals surface area contributed by atoms with Crippen LogP contribution in [0.4, 0.5) is 0 Å². The zero-order valence-electron chi connectivity index (χ0n) is 15.0. The lowest BCUT2D eigenvalue weighted by molar-refractivity contribution is 0.271. The summed E-state index contributed by atoms with van der Waals surface area (Å²) in [6, 6.07) is 14.5. The largest absolute Gasteiger partial charge is 0.388 e. The standard InChI is InChI=1S/C21H24N2O2/c1-21(2,3)16-9-6-14(7-10-16)4-5-15-8-11-18-17(12-15)20(25)23-19(13-24)22-18/h6-12,24H,4-5,13H2,1-3H3,(H,22,23,25). The van der Waals surface area contributed by atoms with Crippen molar-refractivity contribution in [2.24, 2.45) is 0 Å². The third-order valence-electron chi connectivity index (χ3n) is 4.49. The first-order chi connectivity index (χ1) is 11.9. The van der Waals surface area contributed by atoms with E-state index in [0.717, 1.165) is 18.4 Å². The third kappa shape index (κ3) is 3.97. The number of H-pyrrole nitrogens is 1. The number of aromatic nitrogens is 2. The molecule has 2 aromatic carbocycles. The van der Waals surface area contributed by atoms with E-state index >= 15 is 0 Å². The lowest BCUT2D eigenvalue weighted by Crippen LogP contribution is -2.12. The Balaban J connectivity index is 1.77. The summed E-state index contributed by atoms with van der Waals surface area (Å²) in [5.41, 5.74) is 4.31. The molecular formula is C21H24N2O2. The SMILES string of the molecule is CC(C)(C)c1ccc(CCc2ccc3nc(CO)[nH]c(=O)c3c2)cc1. The highest BCUT2D eigenvalue weighted by atomic mass is 16.3. The molecule has 3 aromatic rings. The molecule has 0 saturated heterocycles. The smallest absolute Gasteiger partial charge is 0.258 e. The molecule has 1 heterocycles. The van der Waals surface area contributed by atoms with E-state index in [-0.39, 0.29) is 17.6 Å². The number of aliphatic hydroxyl groups is 1. The number of aryl methyl sites for hydroxylation is 2. The molecule has 0 fully saturated rings. The van der Waals surface area contributed by atoms with Crippen LogP contribution < -0.4 is 5.56 Å². The zero-order valence-corrected chi connectivity index (χ0v) is 15.0. The van der Waals surface area contributed by atoms with Gasteiger partial charge in [-0.3, -0.25) is 4.79 Å². The molecule has 4 nitrogen and oxygen atoms in total. The summed E-state index contributed by atoms with van der Waals surface area (Å²) < 4.78 is 0. The number of fused-ring (bicyclic) bond motifs is 1. The van der Waals surface area contributed by atoms with Gasteiger partial charge < -0.3 is 10.1 Å². The monoisotopic (exact) mass is 336 g/mol. The average Bonchev–Trinajstić information content (AvgIpc) is 2.59. The van der Waals surface area contributed by atoms with Crippen LogP contribution in [-0.2, 0) is 24.9 Å². The van der Waals surface area contributed by atoms with Gasteiger partial charge in [-0.15, -0.1) is 0 Å². The van der Waals surface area contributed by atoms with Crippen molar-refractivity contribution < 1.29 is 5.11 Å². The number of aromatic amines is 1. The highest BCUT2D eigenvalue weighted by molar-refractivity contribution is 5.78. The van der Waals surface area contributed by atoms with Crippen molar-refractivity contribution in [3.8, 4) is 0 Å². The van der Waals surface area contributed by atoms with Gasteiger partial charge in [-0.1, -0.05) is 51.1 Å². The molecule has 0 aliphatic carbocycles. The molecule has 0 saturated carbocycles. The van der Waals surface area contributed by atoms with Crippen LogP contribution in [0, 0.1) is 0 Å². The average molecular weight is 336 g/mol. The lowest BCUT2D eigenvalue weighted by atomic mass is 9.86. The van der Waals surface area contributed by atoms with Crippen LogP contribution >= 0.6 is 0 Å². The molecule has 0 amide bonds. The van der Waals surface area contributed by atoms with E-state index in [1.165, 1.54) is 11.1 Å². The van der Waals surface area contributed by atoms with Crippen molar-refractivity contribution in [1.82, 2.24) is 9.97 Å². The first kappa shape index (κ1) is 17.4. The van der Waals surface area contributed by atoms with Gasteiger partial charge in [-0.2, -0.15) is 0 Å². The summed E-state index contributed by atoms with van der Waals surface area (Å²) in [4.78, 5) is 19.0. The molecule has 0 unspecified atom stereocenters. The Morgan fingerprint density at radius 2 is 1.64 bits per heavy atom. The molecule has 4 heteroatoms. The number of aliphatic hydroxyl groups excluding tert-OH is 1. The van der Waals surface area contributed by atoms with E-state index in [4.69, 9.17) is 5.11 Å². The van der Waals surface area contributed by atoms with E-state index in [1.54, 1.807) is 0 Å². The normalized spacial score (nSPS) is 11.8. The van der Waals surface area contributed by atoms with Gasteiger partial charge in [0.2, 0.25) is 0 Å². The summed E-state index contributed by atoms with van der Waals surface area (Å²) in [5.74, 6) is 0.296. The van der Waals surface area contributed by atoms with Crippen LogP contribution in [0.15, 0.2) is 47.3 Å². The Bertz CT molecular complexity index is 935. The zero-order chi connectivity index (χ0) is 18.0. The third-order valence-corrected chi connectivity index (χ3v) is 4.49. The molecule has 0 spiro atoms. The first-order valence-corrected chi connectivity index (χ1v) is 8.59. The summed E-state index contributed by atoms with van der Waals surface area (Å²) in [6.07, 6.45) is 1.79. The van der Waals surface area contributed by atoms with Gasteiger partial charge in [0.15, 0.2) is 0 Å². The number of rotatable bonds is 4. The minimum atomic E-state index is -0.266. The molecule has 25 heavy (non-hydrogen) atoms. The van der Waals surface area contributed by atoms with Crippen LogP contribution in [-0.4, -0.2) is 15.1 Å². The summed E-state index contributed by atoms with van der Waals surface area (Å²) in [6.45, 7) is 6.37. The Hall–Kier alpha value is -2.46. The summed E-state index contributed by atoms with van der Waals surface area (Å²) >= 11 is 0. The van der Waals surface area contributed by atoms with Crippen molar-refractivity contribution in [3.05, 3.63) is 75.3 Å². The predicted octanol–water partition coefficient (Wildman–Crippen LogP) is 3.50. The number of nitrogens with one attached hydrogen (secondary N) is 1. The fourth-order valence-corrected chi connectivity index (χ4v) is 2.92. The van der Waals surface area contributed by atoms with Gasteiger partial charge in [0, 0.05) is 0 Å². The molecule has 3 rings (SSSR count). The molecule has 1 aromatic heterocycles. The van der Waals surface area contributed by atoms with E-state index in [0.29, 0.717) is 16.7 Å². The highest BCUT2D eigenvalue weighted by Crippen LogP contribution is 2.22. The van der Waals surface area contributed by atoms with Crippen LogP contribution in [0.5, 0.6) is 0 Å². The van der Waals surface area contributed by atoms with E-state index < -0.39 is 0 Å².